The predicted octanol–water partition coefficient (Wildman–Crippen LogP) is 3.05. The Morgan fingerprint density at radius 1 is 1.10 bits per heavy atom. The summed E-state index contributed by atoms with van der Waals surface area (Å²) in [5.74, 6) is -1.93. The third-order valence-corrected chi connectivity index (χ3v) is 9.11. The van der Waals surface area contributed by atoms with Crippen LogP contribution in [0.2, 0.25) is 0 Å². The standard InChI is InChI=1S/C22H28F2N2O4S/c1-20(2,26-31(29,30)17-5-15(23)4-16(24)6-17)18(27)11-21-7-13-3-14(8-21)10-22(9-13,12-21)19(25)28/h4-6,13-14,26H,3,7-12H2,1-2H3,(H2,25,28). The second-order valence-electron chi connectivity index (χ2n) is 10.5. The summed E-state index contributed by atoms with van der Waals surface area (Å²) in [7, 11) is -4.32. The first-order valence-electron chi connectivity index (χ1n) is 10.6. The highest BCUT2D eigenvalue weighted by Gasteiger charge is 2.60. The van der Waals surface area contributed by atoms with Gasteiger partial charge in [-0.3, -0.25) is 9.59 Å². The van der Waals surface area contributed by atoms with Crippen LogP contribution in [-0.2, 0) is 19.6 Å². The molecule has 2 unspecified atom stereocenters. The van der Waals surface area contributed by atoms with Crippen LogP contribution in [-0.4, -0.2) is 25.6 Å². The maximum atomic E-state index is 13.5. The summed E-state index contributed by atoms with van der Waals surface area (Å²) in [5.41, 5.74) is 3.36. The number of hydrogen-bond donors (Lipinski definition) is 2. The molecule has 1 aromatic rings. The Bertz CT molecular complexity index is 1020. The fourth-order valence-corrected chi connectivity index (χ4v) is 8.08. The van der Waals surface area contributed by atoms with Crippen LogP contribution in [0.5, 0.6) is 0 Å². The number of hydrogen-bond acceptors (Lipinski definition) is 4. The number of carbonyl (C=O) groups excluding carboxylic acids is 2. The van der Waals surface area contributed by atoms with Crippen molar-refractivity contribution in [2.75, 3.05) is 0 Å². The van der Waals surface area contributed by atoms with Crippen molar-refractivity contribution in [3.63, 3.8) is 0 Å². The molecule has 0 spiro atoms. The van der Waals surface area contributed by atoms with Crippen LogP contribution in [0.4, 0.5) is 8.78 Å². The number of ketones is 1. The average Bonchev–Trinajstić information content (AvgIpc) is 2.58. The van der Waals surface area contributed by atoms with Crippen molar-refractivity contribution in [1.82, 2.24) is 4.72 Å². The molecule has 3 N–H and O–H groups in total. The third-order valence-electron chi connectivity index (χ3n) is 7.47. The summed E-state index contributed by atoms with van der Waals surface area (Å²) in [6, 6.07) is 2.00. The zero-order valence-corrected chi connectivity index (χ0v) is 18.5. The van der Waals surface area contributed by atoms with Gasteiger partial charge in [-0.15, -0.1) is 0 Å². The molecule has 0 aliphatic heterocycles. The van der Waals surface area contributed by atoms with Crippen LogP contribution in [0.15, 0.2) is 23.1 Å². The van der Waals surface area contributed by atoms with Gasteiger partial charge in [0.05, 0.1) is 15.8 Å². The van der Waals surface area contributed by atoms with Gasteiger partial charge in [0, 0.05) is 12.5 Å². The van der Waals surface area contributed by atoms with Crippen molar-refractivity contribution in [3.05, 3.63) is 29.8 Å². The van der Waals surface area contributed by atoms with Gasteiger partial charge in [-0.1, -0.05) is 0 Å². The highest BCUT2D eigenvalue weighted by atomic mass is 32.2. The van der Waals surface area contributed by atoms with E-state index < -0.39 is 37.5 Å². The minimum Gasteiger partial charge on any atom is -0.369 e. The Hall–Kier alpha value is -1.87. The maximum absolute atomic E-state index is 13.5. The molecule has 5 rings (SSSR count). The maximum Gasteiger partial charge on any atom is 0.241 e. The Labute approximate surface area is 181 Å². The first-order chi connectivity index (χ1) is 14.2. The van der Waals surface area contributed by atoms with Gasteiger partial charge in [-0.2, -0.15) is 4.72 Å². The fourth-order valence-electron chi connectivity index (χ4n) is 6.64. The molecule has 1 aromatic carbocycles. The monoisotopic (exact) mass is 454 g/mol. The lowest BCUT2D eigenvalue weighted by atomic mass is 9.43. The van der Waals surface area contributed by atoms with Crippen LogP contribution in [0, 0.1) is 34.3 Å². The van der Waals surface area contributed by atoms with Gasteiger partial charge < -0.3 is 5.73 Å². The Kier molecular flexibility index (Phi) is 5.09. The quantitative estimate of drug-likeness (QED) is 0.660. The first-order valence-corrected chi connectivity index (χ1v) is 12.1. The van der Waals surface area contributed by atoms with E-state index >= 15 is 0 Å². The first kappa shape index (κ1) is 22.3. The normalized spacial score (nSPS) is 32.3. The number of benzene rings is 1. The van der Waals surface area contributed by atoms with Crippen LogP contribution >= 0.6 is 0 Å². The molecule has 31 heavy (non-hydrogen) atoms. The second-order valence-corrected chi connectivity index (χ2v) is 12.2. The van der Waals surface area contributed by atoms with Crippen molar-refractivity contribution in [2.45, 2.75) is 69.2 Å². The van der Waals surface area contributed by atoms with Gasteiger partial charge >= 0.3 is 0 Å². The van der Waals surface area contributed by atoms with E-state index in [9.17, 15) is 26.8 Å². The van der Waals surface area contributed by atoms with Crippen LogP contribution < -0.4 is 10.5 Å². The van der Waals surface area contributed by atoms with Crippen LogP contribution in [0.25, 0.3) is 0 Å². The fraction of sp³-hybridized carbons (Fsp3) is 0.636. The molecule has 4 aliphatic rings. The Morgan fingerprint density at radius 3 is 2.16 bits per heavy atom. The van der Waals surface area contributed by atoms with Crippen molar-refractivity contribution >= 4 is 21.7 Å². The van der Waals surface area contributed by atoms with Gasteiger partial charge in [-0.05, 0) is 81.8 Å². The van der Waals surface area contributed by atoms with E-state index in [-0.39, 0.29) is 23.5 Å². The summed E-state index contributed by atoms with van der Waals surface area (Å²) >= 11 is 0. The third kappa shape index (κ3) is 4.02. The van der Waals surface area contributed by atoms with Gasteiger partial charge in [-0.25, -0.2) is 17.2 Å². The van der Waals surface area contributed by atoms with Gasteiger partial charge in [0.25, 0.3) is 0 Å². The molecule has 0 heterocycles. The van der Waals surface area contributed by atoms with Gasteiger partial charge in [0.15, 0.2) is 5.78 Å². The van der Waals surface area contributed by atoms with Gasteiger partial charge in [0.2, 0.25) is 15.9 Å². The summed E-state index contributed by atoms with van der Waals surface area (Å²) in [6.07, 6.45) is 4.97. The van der Waals surface area contributed by atoms with E-state index in [2.05, 4.69) is 4.72 Å². The minimum atomic E-state index is -4.32. The average molecular weight is 455 g/mol. The molecule has 9 heteroatoms. The molecular formula is C22H28F2N2O4S. The summed E-state index contributed by atoms with van der Waals surface area (Å²) in [4.78, 5) is 25.0. The summed E-state index contributed by atoms with van der Waals surface area (Å²) in [5, 5.41) is 0. The molecule has 0 saturated heterocycles. The second kappa shape index (κ2) is 7.07. The van der Waals surface area contributed by atoms with Crippen molar-refractivity contribution in [2.24, 2.45) is 28.4 Å². The van der Waals surface area contributed by atoms with Crippen LogP contribution in [0.3, 0.4) is 0 Å². The number of nitrogens with one attached hydrogen (secondary N) is 1. The molecule has 1 amide bonds. The Morgan fingerprint density at radius 2 is 1.65 bits per heavy atom. The number of amides is 1. The largest absolute Gasteiger partial charge is 0.369 e. The predicted molar refractivity (Wildman–Crippen MR) is 109 cm³/mol. The molecule has 170 valence electrons. The number of halogens is 2. The number of primary amides is 1. The SMILES string of the molecule is CC(C)(NS(=O)(=O)c1cc(F)cc(F)c1)C(=O)CC12CC3CC(C1)CC(C(N)=O)(C3)C2. The molecule has 0 radical (unpaired) electrons. The van der Waals surface area contributed by atoms with E-state index in [1.54, 1.807) is 0 Å². The van der Waals surface area contributed by atoms with E-state index in [0.29, 0.717) is 36.5 Å². The molecule has 4 aliphatic carbocycles. The van der Waals surface area contributed by atoms with E-state index in [1.165, 1.54) is 13.8 Å². The topological polar surface area (TPSA) is 106 Å². The van der Waals surface area contributed by atoms with E-state index in [1.807, 2.05) is 0 Å². The van der Waals surface area contributed by atoms with Crippen LogP contribution in [0.1, 0.15) is 58.8 Å². The smallest absolute Gasteiger partial charge is 0.241 e. The molecular weight excluding hydrogens is 426 g/mol. The summed E-state index contributed by atoms with van der Waals surface area (Å²) < 4.78 is 54.7. The van der Waals surface area contributed by atoms with Crippen molar-refractivity contribution in [1.29, 1.82) is 0 Å². The molecule has 2 atom stereocenters. The zero-order valence-electron chi connectivity index (χ0n) is 17.7. The number of nitrogens with two attached hydrogens (primary N) is 1. The molecule has 4 fully saturated rings. The van der Waals surface area contributed by atoms with E-state index in [0.717, 1.165) is 32.1 Å². The lowest BCUT2D eigenvalue weighted by Crippen LogP contribution is -2.58. The molecule has 0 aromatic heterocycles. The highest BCUT2D eigenvalue weighted by molar-refractivity contribution is 7.89. The van der Waals surface area contributed by atoms with Crippen molar-refractivity contribution < 1.29 is 26.8 Å². The minimum absolute atomic E-state index is 0.141. The zero-order chi connectivity index (χ0) is 22.8. The van der Waals surface area contributed by atoms with Gasteiger partial charge in [0.1, 0.15) is 11.6 Å². The number of rotatable bonds is 7. The lowest BCUT2D eigenvalue weighted by Gasteiger charge is -2.61. The van der Waals surface area contributed by atoms with Crippen molar-refractivity contribution in [3.8, 4) is 0 Å². The Balaban J connectivity index is 1.54. The lowest BCUT2D eigenvalue weighted by molar-refractivity contribution is -0.158. The summed E-state index contributed by atoms with van der Waals surface area (Å²) in [6.45, 7) is 2.90. The molecule has 4 saturated carbocycles. The highest BCUT2D eigenvalue weighted by Crippen LogP contribution is 2.66. The molecule has 6 nitrogen and oxygen atoms in total. The van der Waals surface area contributed by atoms with E-state index in [4.69, 9.17) is 5.73 Å². The molecule has 4 bridgehead atoms. The number of carbonyl (C=O) groups is 2. The number of Topliss-reactive ketones (excluding diaryl/α,β-unsaturated/α-hetero) is 1. The number of sulfonamides is 1.